The molecule has 5 rings (SSSR count). The third kappa shape index (κ3) is 2.44. The molecule has 1 aromatic heterocycles. The smallest absolute Gasteiger partial charge is 0.0567 e. The maximum atomic E-state index is 2.60. The lowest BCUT2D eigenvalue weighted by atomic mass is 9.99. The molecule has 0 saturated heterocycles. The Morgan fingerprint density at radius 1 is 0.962 bits per heavy atom. The lowest BCUT2D eigenvalue weighted by Gasteiger charge is -2.27. The number of hydrogen-bond acceptors (Lipinski definition) is 1. The first-order chi connectivity index (χ1) is 12.7. The number of benzene rings is 2. The Bertz CT molecular complexity index is 1020. The number of nitrogens with zero attached hydrogens (tertiary/aromatic N) is 2. The Balaban J connectivity index is 1.71. The normalized spacial score (nSPS) is 16.1. The van der Waals surface area contributed by atoms with E-state index in [9.17, 15) is 0 Å². The highest BCUT2D eigenvalue weighted by molar-refractivity contribution is 5.91. The van der Waals surface area contributed by atoms with E-state index in [4.69, 9.17) is 0 Å². The predicted molar refractivity (Wildman–Crippen MR) is 109 cm³/mol. The molecule has 0 N–H and O–H groups in total. The van der Waals surface area contributed by atoms with Gasteiger partial charge in [-0.1, -0.05) is 48.0 Å². The molecule has 132 valence electrons. The van der Waals surface area contributed by atoms with Gasteiger partial charge in [0.15, 0.2) is 0 Å². The number of hydrogen-bond donors (Lipinski definition) is 0. The van der Waals surface area contributed by atoms with E-state index in [1.165, 1.54) is 39.0 Å². The van der Waals surface area contributed by atoms with E-state index < -0.39 is 0 Å². The summed E-state index contributed by atoms with van der Waals surface area (Å²) in [6.45, 7) is 7.65. The Labute approximate surface area is 155 Å². The zero-order valence-corrected chi connectivity index (χ0v) is 15.8. The zero-order chi connectivity index (χ0) is 17.7. The predicted octanol–water partition coefficient (Wildman–Crippen LogP) is 5.05. The number of fused-ring (bicyclic) bond motifs is 5. The molecule has 0 spiro atoms. The van der Waals surface area contributed by atoms with Crippen molar-refractivity contribution in [1.29, 1.82) is 0 Å². The highest BCUT2D eigenvalue weighted by Crippen LogP contribution is 2.38. The average molecular weight is 342 g/mol. The van der Waals surface area contributed by atoms with Crippen molar-refractivity contribution in [3.05, 3.63) is 76.5 Å². The Kier molecular flexibility index (Phi) is 3.75. The summed E-state index contributed by atoms with van der Waals surface area (Å²) in [6.07, 6.45) is 5.76. The second kappa shape index (κ2) is 6.14. The monoisotopic (exact) mass is 342 g/mol. The van der Waals surface area contributed by atoms with Gasteiger partial charge in [0.1, 0.15) is 0 Å². The summed E-state index contributed by atoms with van der Waals surface area (Å²) < 4.78 is 2.60. The van der Waals surface area contributed by atoms with Crippen LogP contribution in [0.25, 0.3) is 16.6 Å². The largest absolute Gasteiger partial charge is 0.313 e. The summed E-state index contributed by atoms with van der Waals surface area (Å²) in [4.78, 5) is 2.59. The van der Waals surface area contributed by atoms with Crippen LogP contribution < -0.4 is 0 Å². The van der Waals surface area contributed by atoms with Crippen molar-refractivity contribution in [2.75, 3.05) is 13.1 Å². The first kappa shape index (κ1) is 15.9. The maximum absolute atomic E-state index is 2.60. The van der Waals surface area contributed by atoms with E-state index in [1.807, 2.05) is 0 Å². The molecule has 2 heteroatoms. The van der Waals surface area contributed by atoms with Gasteiger partial charge in [0.25, 0.3) is 0 Å². The van der Waals surface area contributed by atoms with Crippen molar-refractivity contribution in [2.45, 2.75) is 39.7 Å². The molecule has 0 amide bonds. The molecular weight excluding hydrogens is 316 g/mol. The van der Waals surface area contributed by atoms with Gasteiger partial charge < -0.3 is 4.57 Å². The van der Waals surface area contributed by atoms with E-state index in [-0.39, 0.29) is 0 Å². The Morgan fingerprint density at radius 2 is 1.77 bits per heavy atom. The van der Waals surface area contributed by atoms with Crippen molar-refractivity contribution in [3.8, 4) is 5.69 Å². The number of aromatic nitrogens is 1. The van der Waals surface area contributed by atoms with Gasteiger partial charge in [0.2, 0.25) is 0 Å². The van der Waals surface area contributed by atoms with Crippen molar-refractivity contribution >= 4 is 10.9 Å². The van der Waals surface area contributed by atoms with Crippen molar-refractivity contribution in [1.82, 2.24) is 9.47 Å². The quantitative estimate of drug-likeness (QED) is 0.591. The fraction of sp³-hybridized carbons (Fsp3) is 0.333. The minimum absolute atomic E-state index is 1.06. The molecule has 2 nitrogen and oxygen atoms in total. The highest BCUT2D eigenvalue weighted by Gasteiger charge is 2.27. The summed E-state index contributed by atoms with van der Waals surface area (Å²) in [5.74, 6) is 0. The number of aryl methyl sites for hydroxylation is 2. The van der Waals surface area contributed by atoms with Crippen LogP contribution in [-0.2, 0) is 25.8 Å². The fourth-order valence-corrected chi connectivity index (χ4v) is 4.67. The van der Waals surface area contributed by atoms with Crippen LogP contribution in [0.15, 0.2) is 54.1 Å². The van der Waals surface area contributed by atoms with Gasteiger partial charge in [0.05, 0.1) is 5.52 Å². The molecule has 0 atom stereocenters. The number of rotatable bonds is 2. The SMILES string of the molecule is CC(C)=CCN1CCc2c(c3cccc4c3n2-c2ccccc2CC4)C1. The summed E-state index contributed by atoms with van der Waals surface area (Å²) in [6, 6.07) is 15.9. The van der Waals surface area contributed by atoms with Crippen molar-refractivity contribution in [3.63, 3.8) is 0 Å². The number of allylic oxidation sites excluding steroid dienone is 1. The second-order valence-corrected chi connectivity index (χ2v) is 7.97. The van der Waals surface area contributed by atoms with E-state index in [0.717, 1.165) is 38.9 Å². The third-order valence-electron chi connectivity index (χ3n) is 5.99. The van der Waals surface area contributed by atoms with Crippen LogP contribution in [0.2, 0.25) is 0 Å². The Hall–Kier alpha value is -2.32. The molecule has 2 aromatic carbocycles. The first-order valence-electron chi connectivity index (χ1n) is 9.80. The lowest BCUT2D eigenvalue weighted by Crippen LogP contribution is -2.31. The van der Waals surface area contributed by atoms with Gasteiger partial charge >= 0.3 is 0 Å². The molecule has 3 aromatic rings. The first-order valence-corrected chi connectivity index (χ1v) is 9.80. The lowest BCUT2D eigenvalue weighted by molar-refractivity contribution is 0.280. The summed E-state index contributed by atoms with van der Waals surface area (Å²) >= 11 is 0. The molecule has 0 unspecified atom stereocenters. The zero-order valence-electron chi connectivity index (χ0n) is 15.8. The van der Waals surface area contributed by atoms with Gasteiger partial charge in [-0.25, -0.2) is 0 Å². The van der Waals surface area contributed by atoms with Gasteiger partial charge in [-0.2, -0.15) is 0 Å². The van der Waals surface area contributed by atoms with Crippen LogP contribution >= 0.6 is 0 Å². The van der Waals surface area contributed by atoms with Crippen molar-refractivity contribution < 1.29 is 0 Å². The molecule has 26 heavy (non-hydrogen) atoms. The summed E-state index contributed by atoms with van der Waals surface area (Å²) in [5.41, 5.74) is 10.3. The molecule has 0 fully saturated rings. The molecule has 3 heterocycles. The molecule has 2 aliphatic heterocycles. The van der Waals surface area contributed by atoms with Crippen LogP contribution in [0.1, 0.15) is 36.2 Å². The Morgan fingerprint density at radius 3 is 2.65 bits per heavy atom. The topological polar surface area (TPSA) is 8.17 Å². The molecule has 0 saturated carbocycles. The molecule has 0 aliphatic carbocycles. The second-order valence-electron chi connectivity index (χ2n) is 7.97. The molecule has 2 aliphatic rings. The van der Waals surface area contributed by atoms with Crippen LogP contribution in [0.3, 0.4) is 0 Å². The minimum Gasteiger partial charge on any atom is -0.313 e. The van der Waals surface area contributed by atoms with Crippen LogP contribution in [0, 0.1) is 0 Å². The molecule has 0 bridgehead atoms. The van der Waals surface area contributed by atoms with Gasteiger partial charge in [0, 0.05) is 42.8 Å². The standard InChI is InChI=1S/C24H26N2/c1-17(2)12-14-25-15-13-23-21(16-25)20-8-5-7-19-11-10-18-6-3-4-9-22(18)26(23)24(19)20/h3-9,12H,10-11,13-16H2,1-2H3. The fourth-order valence-electron chi connectivity index (χ4n) is 4.67. The van der Waals surface area contributed by atoms with Gasteiger partial charge in [-0.05, 0) is 49.4 Å². The minimum atomic E-state index is 1.06. The number of para-hydroxylation sites is 2. The molecular formula is C24H26N2. The summed E-state index contributed by atoms with van der Waals surface area (Å²) in [7, 11) is 0. The highest BCUT2D eigenvalue weighted by atomic mass is 15.1. The van der Waals surface area contributed by atoms with Crippen LogP contribution in [0.5, 0.6) is 0 Å². The average Bonchev–Trinajstić information content (AvgIpc) is 2.88. The maximum Gasteiger partial charge on any atom is 0.0567 e. The van der Waals surface area contributed by atoms with E-state index in [2.05, 4.69) is 71.9 Å². The molecule has 0 radical (unpaired) electrons. The van der Waals surface area contributed by atoms with Crippen LogP contribution in [0.4, 0.5) is 0 Å². The van der Waals surface area contributed by atoms with Gasteiger partial charge in [-0.3, -0.25) is 4.90 Å². The van der Waals surface area contributed by atoms with Crippen molar-refractivity contribution in [2.24, 2.45) is 0 Å². The third-order valence-corrected chi connectivity index (χ3v) is 5.99. The van der Waals surface area contributed by atoms with E-state index in [1.54, 1.807) is 5.56 Å². The van der Waals surface area contributed by atoms with E-state index >= 15 is 0 Å². The van der Waals surface area contributed by atoms with Crippen LogP contribution in [-0.4, -0.2) is 22.6 Å². The summed E-state index contributed by atoms with van der Waals surface area (Å²) in [5, 5.41) is 1.47. The van der Waals surface area contributed by atoms with E-state index in [0.29, 0.717) is 0 Å². The van der Waals surface area contributed by atoms with Gasteiger partial charge in [-0.15, -0.1) is 0 Å².